The Morgan fingerprint density at radius 1 is 1.13 bits per heavy atom. The molecule has 0 aliphatic carbocycles. The summed E-state index contributed by atoms with van der Waals surface area (Å²) in [5.74, 6) is -0.167. The third-order valence-electron chi connectivity index (χ3n) is 5.29. The van der Waals surface area contributed by atoms with E-state index in [4.69, 9.17) is 0 Å². The van der Waals surface area contributed by atoms with E-state index in [2.05, 4.69) is 25.8 Å². The lowest BCUT2D eigenvalue weighted by Crippen LogP contribution is -2.57. The molecule has 2 amide bonds. The number of pyridine rings is 1. The second kappa shape index (κ2) is 7.43. The third kappa shape index (κ3) is 3.84. The number of alkyl halides is 3. The maximum atomic E-state index is 12.9. The maximum absolute atomic E-state index is 12.9. The van der Waals surface area contributed by atoms with Gasteiger partial charge in [0.2, 0.25) is 12.4 Å². The highest BCUT2D eigenvalue weighted by molar-refractivity contribution is 5.92. The molecule has 4 heterocycles. The highest BCUT2D eigenvalue weighted by Gasteiger charge is 2.48. The summed E-state index contributed by atoms with van der Waals surface area (Å²) >= 11 is 0. The summed E-state index contributed by atoms with van der Waals surface area (Å²) < 4.78 is 38.7. The molecule has 0 radical (unpaired) electrons. The van der Waals surface area contributed by atoms with Crippen molar-refractivity contribution in [1.82, 2.24) is 25.8 Å². The van der Waals surface area contributed by atoms with Crippen LogP contribution in [-0.4, -0.2) is 53.4 Å². The Hall–Kier alpha value is -3.44. The normalized spacial score (nSPS) is 17.6. The van der Waals surface area contributed by atoms with Crippen LogP contribution < -0.4 is 20.7 Å². The molecule has 2 aromatic rings. The second-order valence-corrected chi connectivity index (χ2v) is 7.38. The molecule has 2 aliphatic rings. The lowest BCUT2D eigenvalue weighted by molar-refractivity contribution is -0.141. The number of halogens is 3. The van der Waals surface area contributed by atoms with Gasteiger partial charge in [0.25, 0.3) is 5.91 Å². The zero-order valence-corrected chi connectivity index (χ0v) is 15.7. The number of nitrogens with one attached hydrogen (secondary N) is 2. The number of carbonyl (C=O) groups is 2. The van der Waals surface area contributed by atoms with Gasteiger partial charge in [-0.1, -0.05) is 0 Å². The molecule has 2 aliphatic heterocycles. The molecule has 0 unspecified atom stereocenters. The number of hydrogen-bond acceptors (Lipinski definition) is 7. The molecule has 0 saturated carbocycles. The number of rotatable bonds is 5. The predicted octanol–water partition coefficient (Wildman–Crippen LogP) is 0.998. The van der Waals surface area contributed by atoms with Gasteiger partial charge in [0.15, 0.2) is 0 Å². The van der Waals surface area contributed by atoms with Gasteiger partial charge in [-0.2, -0.15) is 13.2 Å². The Labute approximate surface area is 169 Å². The smallest absolute Gasteiger partial charge is 0.370 e. The van der Waals surface area contributed by atoms with E-state index in [-0.39, 0.29) is 11.1 Å². The lowest BCUT2D eigenvalue weighted by Gasteiger charge is -2.49. The summed E-state index contributed by atoms with van der Waals surface area (Å²) in [5, 5.41) is 0. The Bertz CT molecular complexity index is 963. The van der Waals surface area contributed by atoms with Crippen molar-refractivity contribution in [3.8, 4) is 0 Å². The SMILES string of the molecule is O=CNNC(=O)c1ccnc(N2CCC3(CN(c4ccnc(C(F)(F)F)c4)C3)C2)n1. The minimum absolute atomic E-state index is 0.0671. The van der Waals surface area contributed by atoms with Crippen LogP contribution in [0.25, 0.3) is 0 Å². The summed E-state index contributed by atoms with van der Waals surface area (Å²) in [6.45, 7) is 2.55. The Morgan fingerprint density at radius 2 is 1.87 bits per heavy atom. The topological polar surface area (TPSA) is 103 Å². The van der Waals surface area contributed by atoms with E-state index in [1.165, 1.54) is 18.5 Å². The molecule has 12 heteroatoms. The van der Waals surface area contributed by atoms with Crippen LogP contribution in [0.4, 0.5) is 24.8 Å². The molecule has 2 fully saturated rings. The summed E-state index contributed by atoms with van der Waals surface area (Å²) in [6, 6.07) is 4.08. The molecule has 158 valence electrons. The van der Waals surface area contributed by atoms with Gasteiger partial charge in [0.05, 0.1) is 0 Å². The van der Waals surface area contributed by atoms with Gasteiger partial charge < -0.3 is 9.80 Å². The highest BCUT2D eigenvalue weighted by atomic mass is 19.4. The number of aromatic nitrogens is 3. The molecule has 1 spiro atoms. The van der Waals surface area contributed by atoms with Gasteiger partial charge in [-0.05, 0) is 24.6 Å². The lowest BCUT2D eigenvalue weighted by atomic mass is 9.79. The van der Waals surface area contributed by atoms with Gasteiger partial charge in [-0.25, -0.2) is 9.97 Å². The van der Waals surface area contributed by atoms with Gasteiger partial charge in [-0.15, -0.1) is 0 Å². The zero-order valence-electron chi connectivity index (χ0n) is 15.7. The molecule has 2 aromatic heterocycles. The van der Waals surface area contributed by atoms with Gasteiger partial charge >= 0.3 is 6.18 Å². The van der Waals surface area contributed by atoms with E-state index in [1.807, 2.05) is 9.80 Å². The first-order valence-corrected chi connectivity index (χ1v) is 9.15. The number of carbonyl (C=O) groups excluding carboxylic acids is 2. The number of hydrogen-bond donors (Lipinski definition) is 2. The van der Waals surface area contributed by atoms with Crippen LogP contribution in [0.3, 0.4) is 0 Å². The fraction of sp³-hybridized carbons (Fsp3) is 0.389. The Balaban J connectivity index is 1.40. The fourth-order valence-electron chi connectivity index (χ4n) is 3.87. The average molecular weight is 421 g/mol. The Morgan fingerprint density at radius 3 is 2.60 bits per heavy atom. The van der Waals surface area contributed by atoms with Crippen molar-refractivity contribution in [3.63, 3.8) is 0 Å². The van der Waals surface area contributed by atoms with Crippen molar-refractivity contribution in [2.45, 2.75) is 12.6 Å². The van der Waals surface area contributed by atoms with Crippen molar-refractivity contribution < 1.29 is 22.8 Å². The van der Waals surface area contributed by atoms with Crippen molar-refractivity contribution in [3.05, 3.63) is 42.0 Å². The molecule has 30 heavy (non-hydrogen) atoms. The molecule has 0 atom stereocenters. The van der Waals surface area contributed by atoms with E-state index in [0.29, 0.717) is 44.2 Å². The molecule has 2 N–H and O–H groups in total. The van der Waals surface area contributed by atoms with Crippen LogP contribution in [0.5, 0.6) is 0 Å². The first-order valence-electron chi connectivity index (χ1n) is 9.15. The summed E-state index contributed by atoms with van der Waals surface area (Å²) in [6.07, 6.45) is -0.654. The van der Waals surface area contributed by atoms with Crippen molar-refractivity contribution >= 4 is 24.0 Å². The van der Waals surface area contributed by atoms with Crippen LogP contribution >= 0.6 is 0 Å². The van der Waals surface area contributed by atoms with Gasteiger partial charge in [0, 0.05) is 49.7 Å². The summed E-state index contributed by atoms with van der Waals surface area (Å²) in [4.78, 5) is 37.9. The second-order valence-electron chi connectivity index (χ2n) is 7.38. The zero-order chi connectivity index (χ0) is 21.4. The first-order chi connectivity index (χ1) is 14.3. The summed E-state index contributed by atoms with van der Waals surface area (Å²) in [7, 11) is 0. The van der Waals surface area contributed by atoms with E-state index in [1.54, 1.807) is 6.07 Å². The number of anilines is 2. The van der Waals surface area contributed by atoms with Gasteiger partial charge in [0.1, 0.15) is 11.4 Å². The van der Waals surface area contributed by atoms with Crippen LogP contribution in [-0.2, 0) is 11.0 Å². The molecular formula is C18H18F3N7O2. The fourth-order valence-corrected chi connectivity index (χ4v) is 3.87. The van der Waals surface area contributed by atoms with Crippen molar-refractivity contribution in [1.29, 1.82) is 0 Å². The summed E-state index contributed by atoms with van der Waals surface area (Å²) in [5.41, 5.74) is 3.90. The van der Waals surface area contributed by atoms with Crippen LogP contribution in [0.2, 0.25) is 0 Å². The quantitative estimate of drug-likeness (QED) is 0.548. The maximum Gasteiger partial charge on any atom is 0.433 e. The minimum Gasteiger partial charge on any atom is -0.370 e. The van der Waals surface area contributed by atoms with Crippen LogP contribution in [0, 0.1) is 5.41 Å². The molecule has 0 aromatic carbocycles. The van der Waals surface area contributed by atoms with Crippen molar-refractivity contribution in [2.24, 2.45) is 5.41 Å². The van der Waals surface area contributed by atoms with Crippen molar-refractivity contribution in [2.75, 3.05) is 36.0 Å². The number of nitrogens with zero attached hydrogens (tertiary/aromatic N) is 5. The largest absolute Gasteiger partial charge is 0.433 e. The third-order valence-corrected chi connectivity index (χ3v) is 5.29. The minimum atomic E-state index is -4.47. The average Bonchev–Trinajstić information content (AvgIpc) is 3.16. The van der Waals surface area contributed by atoms with Crippen LogP contribution in [0.1, 0.15) is 22.6 Å². The molecular weight excluding hydrogens is 403 g/mol. The molecule has 2 saturated heterocycles. The first kappa shape index (κ1) is 19.9. The van der Waals surface area contributed by atoms with Gasteiger partial charge in [-0.3, -0.25) is 25.4 Å². The molecule has 4 rings (SSSR count). The van der Waals surface area contributed by atoms with E-state index >= 15 is 0 Å². The van der Waals surface area contributed by atoms with Crippen LogP contribution in [0.15, 0.2) is 30.6 Å². The van der Waals surface area contributed by atoms with E-state index < -0.39 is 17.8 Å². The highest BCUT2D eigenvalue weighted by Crippen LogP contribution is 2.43. The number of hydrazine groups is 1. The predicted molar refractivity (Wildman–Crippen MR) is 99.4 cm³/mol. The number of amides is 2. The van der Waals surface area contributed by atoms with E-state index in [0.717, 1.165) is 12.5 Å². The van der Waals surface area contributed by atoms with E-state index in [9.17, 15) is 22.8 Å². The monoisotopic (exact) mass is 421 g/mol. The Kier molecular flexibility index (Phi) is 4.92. The molecule has 0 bridgehead atoms. The molecule has 9 nitrogen and oxygen atoms in total. The standard InChI is InChI=1S/C18H18F3N7O2/c19-18(20,21)14-7-12(1-4-22-14)28-9-17(10-28)3-6-27(8-17)16-23-5-2-13(25-16)15(30)26-24-11-29/h1-2,4-5,7,11H,3,6,8-10H2,(H,24,29)(H,26,30).